The number of pyridine rings is 3. The Morgan fingerprint density at radius 1 is 1.17 bits per heavy atom. The summed E-state index contributed by atoms with van der Waals surface area (Å²) < 4.78 is 48.7. The van der Waals surface area contributed by atoms with Crippen molar-refractivity contribution in [3.05, 3.63) is 82.8 Å². The zero-order valence-corrected chi connectivity index (χ0v) is 19.9. The largest absolute Gasteiger partial charge is 0.338 e. The molecule has 3 aromatic heterocycles. The first kappa shape index (κ1) is 23.7. The van der Waals surface area contributed by atoms with Crippen LogP contribution in [0.2, 0.25) is 0 Å². The summed E-state index contributed by atoms with van der Waals surface area (Å²) in [4.78, 5) is 20.9. The molecule has 1 aliphatic heterocycles. The smallest absolute Gasteiger partial charge is 0.293 e. The molecule has 36 heavy (non-hydrogen) atoms. The molecule has 0 bridgehead atoms. The van der Waals surface area contributed by atoms with Crippen LogP contribution in [-0.4, -0.2) is 38.9 Å². The molecule has 5 rings (SSSR count). The third kappa shape index (κ3) is 4.48. The zero-order chi connectivity index (χ0) is 25.4. The lowest BCUT2D eigenvalue weighted by molar-refractivity contribution is -0.501. The van der Waals surface area contributed by atoms with Gasteiger partial charge in [-0.05, 0) is 42.0 Å². The van der Waals surface area contributed by atoms with Gasteiger partial charge in [-0.25, -0.2) is 18.9 Å². The average Bonchev–Trinajstić information content (AvgIpc) is 2.87. The molecular formula is C27H25F3N5O+. The van der Waals surface area contributed by atoms with Gasteiger partial charge in [0.25, 0.3) is 11.5 Å². The van der Waals surface area contributed by atoms with Gasteiger partial charge in [0.2, 0.25) is 0 Å². The predicted octanol–water partition coefficient (Wildman–Crippen LogP) is 5.09. The number of fused-ring (bicyclic) bond motifs is 1. The van der Waals surface area contributed by atoms with Gasteiger partial charge in [0, 0.05) is 55.2 Å². The number of hydrogen-bond acceptors (Lipinski definition) is 4. The van der Waals surface area contributed by atoms with Crippen molar-refractivity contribution in [2.45, 2.75) is 18.8 Å². The molecule has 0 radical (unpaired) electrons. The second kappa shape index (κ2) is 9.22. The third-order valence-electron chi connectivity index (χ3n) is 6.63. The summed E-state index contributed by atoms with van der Waals surface area (Å²) >= 11 is 0. The van der Waals surface area contributed by atoms with Gasteiger partial charge in [0.1, 0.15) is 37.1 Å². The summed E-state index contributed by atoms with van der Waals surface area (Å²) in [6.45, 7) is 0.578. The maximum Gasteiger partial charge on any atom is 0.293 e. The molecule has 1 unspecified atom stereocenters. The van der Waals surface area contributed by atoms with Crippen LogP contribution < -0.4 is 10.9 Å². The molecule has 1 atom stereocenters. The van der Waals surface area contributed by atoms with E-state index in [9.17, 15) is 9.18 Å². The van der Waals surface area contributed by atoms with Crippen molar-refractivity contribution in [2.24, 2.45) is 13.0 Å². The summed E-state index contributed by atoms with van der Waals surface area (Å²) in [5.41, 5.74) is 0.799. The van der Waals surface area contributed by atoms with Crippen LogP contribution in [0, 0.1) is 11.7 Å². The molecule has 1 aliphatic rings. The fourth-order valence-corrected chi connectivity index (χ4v) is 4.42. The zero-order valence-electron chi connectivity index (χ0n) is 19.9. The maximum atomic E-state index is 15.2. The molecular weight excluding hydrogens is 467 g/mol. The second-order valence-corrected chi connectivity index (χ2v) is 9.12. The van der Waals surface area contributed by atoms with Crippen molar-refractivity contribution >= 4 is 28.6 Å². The van der Waals surface area contributed by atoms with Gasteiger partial charge < -0.3 is 9.88 Å². The van der Waals surface area contributed by atoms with E-state index in [0.717, 1.165) is 0 Å². The van der Waals surface area contributed by atoms with E-state index in [0.29, 0.717) is 35.0 Å². The number of anilines is 2. The van der Waals surface area contributed by atoms with Crippen LogP contribution in [0.5, 0.6) is 0 Å². The number of halogens is 3. The van der Waals surface area contributed by atoms with E-state index in [4.69, 9.17) is 0 Å². The van der Waals surface area contributed by atoms with E-state index in [1.165, 1.54) is 35.0 Å². The number of nitrogens with one attached hydrogen (secondary N) is 1. The van der Waals surface area contributed by atoms with Crippen molar-refractivity contribution in [3.8, 4) is 11.1 Å². The summed E-state index contributed by atoms with van der Waals surface area (Å²) in [6.07, 6.45) is 5.61. The molecule has 9 heteroatoms. The molecule has 184 valence electrons. The fraction of sp³-hybridized carbons (Fsp3) is 0.259. The molecule has 0 aliphatic carbocycles. The third-order valence-corrected chi connectivity index (χ3v) is 6.63. The standard InChI is InChI=1S/C27H25F3N5O/c1-34-12-9-19(10-13-34)27(29,30)24-8-6-18-16-31-25(15-23(18)32-24)33-22-7-5-17(14-21(22)28)20-4-3-11-35(2)26(20)36/h3-8,11-12,14-16,19H,9-10,13H2,1-2H3,(H,31,33)/q+1. The molecule has 6 nitrogen and oxygen atoms in total. The Morgan fingerprint density at radius 3 is 2.75 bits per heavy atom. The fourth-order valence-electron chi connectivity index (χ4n) is 4.42. The highest BCUT2D eigenvalue weighted by Crippen LogP contribution is 2.40. The number of aryl methyl sites for hydroxylation is 1. The van der Waals surface area contributed by atoms with Crippen LogP contribution in [0.4, 0.5) is 24.7 Å². The van der Waals surface area contributed by atoms with Gasteiger partial charge in [-0.1, -0.05) is 6.07 Å². The topological polar surface area (TPSA) is 62.8 Å². The van der Waals surface area contributed by atoms with Crippen molar-refractivity contribution in [2.75, 3.05) is 18.9 Å². The Labute approximate surface area is 205 Å². The number of hydrogen-bond donors (Lipinski definition) is 1. The SMILES string of the molecule is Cn1cccc(-c2ccc(Nc3cc4nc(C(F)(F)C5CC=[N+](C)CC5)ccc4cn3)c(F)c2)c1=O. The molecule has 0 fully saturated rings. The minimum atomic E-state index is -3.07. The van der Waals surface area contributed by atoms with Crippen LogP contribution in [0.1, 0.15) is 18.5 Å². The monoisotopic (exact) mass is 492 g/mol. The van der Waals surface area contributed by atoms with Crippen molar-refractivity contribution in [3.63, 3.8) is 0 Å². The molecule has 0 saturated carbocycles. The molecule has 0 saturated heterocycles. The van der Waals surface area contributed by atoms with Crippen LogP contribution in [-0.2, 0) is 13.0 Å². The van der Waals surface area contributed by atoms with E-state index in [2.05, 4.69) is 15.3 Å². The van der Waals surface area contributed by atoms with Crippen LogP contribution in [0.25, 0.3) is 22.0 Å². The van der Waals surface area contributed by atoms with Crippen LogP contribution in [0.15, 0.2) is 65.7 Å². The Bertz CT molecular complexity index is 1550. The quantitative estimate of drug-likeness (QED) is 0.394. The highest BCUT2D eigenvalue weighted by atomic mass is 19.3. The summed E-state index contributed by atoms with van der Waals surface area (Å²) in [7, 11) is 3.51. The van der Waals surface area contributed by atoms with Gasteiger partial charge in [0.15, 0.2) is 0 Å². The lowest BCUT2D eigenvalue weighted by atomic mass is 9.90. The van der Waals surface area contributed by atoms with Crippen molar-refractivity contribution in [1.82, 2.24) is 14.5 Å². The van der Waals surface area contributed by atoms with Crippen molar-refractivity contribution < 1.29 is 17.7 Å². The molecule has 4 aromatic rings. The Balaban J connectivity index is 1.42. The highest BCUT2D eigenvalue weighted by molar-refractivity contribution is 5.81. The van der Waals surface area contributed by atoms with Gasteiger partial charge in [-0.3, -0.25) is 4.79 Å². The van der Waals surface area contributed by atoms with Gasteiger partial charge in [-0.15, -0.1) is 0 Å². The van der Waals surface area contributed by atoms with Crippen LogP contribution >= 0.6 is 0 Å². The summed E-state index contributed by atoms with van der Waals surface area (Å²) in [5, 5.41) is 3.49. The first-order chi connectivity index (χ1) is 17.2. The van der Waals surface area contributed by atoms with Crippen molar-refractivity contribution in [1.29, 1.82) is 0 Å². The van der Waals surface area contributed by atoms with E-state index < -0.39 is 17.7 Å². The number of alkyl halides is 2. The molecule has 0 spiro atoms. The molecule has 4 heterocycles. The molecule has 1 aromatic carbocycles. The van der Waals surface area contributed by atoms with Gasteiger partial charge in [0.05, 0.1) is 11.2 Å². The lowest BCUT2D eigenvalue weighted by Gasteiger charge is -2.26. The lowest BCUT2D eigenvalue weighted by Crippen LogP contribution is -2.33. The maximum absolute atomic E-state index is 15.2. The minimum Gasteiger partial charge on any atom is -0.338 e. The van der Waals surface area contributed by atoms with Gasteiger partial charge in [-0.2, -0.15) is 8.78 Å². The second-order valence-electron chi connectivity index (χ2n) is 9.12. The van der Waals surface area contributed by atoms with E-state index in [1.54, 1.807) is 43.7 Å². The first-order valence-corrected chi connectivity index (χ1v) is 11.6. The Morgan fingerprint density at radius 2 is 2.00 bits per heavy atom. The predicted molar refractivity (Wildman–Crippen MR) is 134 cm³/mol. The molecule has 1 N–H and O–H groups in total. The normalized spacial score (nSPS) is 16.1. The van der Waals surface area contributed by atoms with E-state index in [1.807, 2.05) is 11.6 Å². The number of rotatable bonds is 5. The average molecular weight is 493 g/mol. The number of aromatic nitrogens is 3. The highest BCUT2D eigenvalue weighted by Gasteiger charge is 2.44. The van der Waals surface area contributed by atoms with Crippen LogP contribution in [0.3, 0.4) is 0 Å². The first-order valence-electron chi connectivity index (χ1n) is 11.6. The van der Waals surface area contributed by atoms with E-state index in [-0.39, 0.29) is 29.2 Å². The minimum absolute atomic E-state index is 0.140. The summed E-state index contributed by atoms with van der Waals surface area (Å²) in [5.74, 6) is -4.19. The Hall–Kier alpha value is -4.01. The summed E-state index contributed by atoms with van der Waals surface area (Å²) in [6, 6.07) is 12.2. The number of nitrogens with zero attached hydrogens (tertiary/aromatic N) is 4. The number of benzene rings is 1. The molecule has 0 amide bonds. The Kier molecular flexibility index (Phi) is 6.07. The van der Waals surface area contributed by atoms with Gasteiger partial charge >= 0.3 is 0 Å². The van der Waals surface area contributed by atoms with E-state index >= 15 is 8.78 Å².